The normalized spacial score (nSPS) is 10.9. The predicted molar refractivity (Wildman–Crippen MR) is 68.8 cm³/mol. The molecule has 0 saturated carbocycles. The molecule has 0 aliphatic rings. The van der Waals surface area contributed by atoms with Crippen molar-refractivity contribution >= 4 is 17.0 Å². The highest BCUT2D eigenvalue weighted by atomic mass is 19.2. The van der Waals surface area contributed by atoms with Crippen molar-refractivity contribution in [3.63, 3.8) is 0 Å². The molecule has 3 aromatic rings. The lowest BCUT2D eigenvalue weighted by Crippen LogP contribution is -1.91. The van der Waals surface area contributed by atoms with Crippen LogP contribution in [0.2, 0.25) is 0 Å². The van der Waals surface area contributed by atoms with Gasteiger partial charge in [-0.3, -0.25) is 0 Å². The molecule has 0 unspecified atom stereocenters. The number of pyridine rings is 1. The molecule has 0 fully saturated rings. The van der Waals surface area contributed by atoms with Gasteiger partial charge in [0.25, 0.3) is 0 Å². The second kappa shape index (κ2) is 4.31. The van der Waals surface area contributed by atoms with Gasteiger partial charge in [0.1, 0.15) is 11.6 Å². The minimum atomic E-state index is -0.921. The van der Waals surface area contributed by atoms with Crippen LogP contribution in [0.5, 0.6) is 0 Å². The van der Waals surface area contributed by atoms with Gasteiger partial charge in [-0.1, -0.05) is 6.07 Å². The molecule has 4 nitrogen and oxygen atoms in total. The zero-order valence-corrected chi connectivity index (χ0v) is 10.0. The molecule has 3 rings (SSSR count). The molecule has 2 aromatic heterocycles. The van der Waals surface area contributed by atoms with Crippen LogP contribution in [0.25, 0.3) is 22.6 Å². The molecule has 0 aliphatic carbocycles. The molecule has 0 aliphatic heterocycles. The molecule has 0 saturated heterocycles. The Morgan fingerprint density at radius 2 is 1.95 bits per heavy atom. The van der Waals surface area contributed by atoms with E-state index in [0.29, 0.717) is 17.0 Å². The first-order chi connectivity index (χ1) is 9.19. The molecule has 0 radical (unpaired) electrons. The first-order valence-corrected chi connectivity index (χ1v) is 5.68. The quantitative estimate of drug-likeness (QED) is 0.744. The third kappa shape index (κ3) is 1.91. The van der Waals surface area contributed by atoms with Crippen LogP contribution < -0.4 is 5.32 Å². The maximum absolute atomic E-state index is 13.7. The minimum absolute atomic E-state index is 0.0870. The molecule has 96 valence electrons. The van der Waals surface area contributed by atoms with Gasteiger partial charge in [-0.15, -0.1) is 0 Å². The Bertz CT molecular complexity index is 751. The van der Waals surface area contributed by atoms with Crippen molar-refractivity contribution in [1.29, 1.82) is 0 Å². The van der Waals surface area contributed by atoms with Crippen LogP contribution in [0.4, 0.5) is 14.6 Å². The van der Waals surface area contributed by atoms with E-state index < -0.39 is 11.6 Å². The Balaban J connectivity index is 2.18. The number of nitrogens with one attached hydrogen (secondary N) is 2. The fourth-order valence-electron chi connectivity index (χ4n) is 1.85. The van der Waals surface area contributed by atoms with Crippen LogP contribution in [-0.2, 0) is 0 Å². The maximum atomic E-state index is 13.7. The molecule has 0 amide bonds. The van der Waals surface area contributed by atoms with Gasteiger partial charge in [-0.05, 0) is 24.3 Å². The largest absolute Gasteiger partial charge is 0.373 e. The summed E-state index contributed by atoms with van der Waals surface area (Å²) >= 11 is 0. The number of H-pyrrole nitrogens is 1. The molecule has 1 aromatic carbocycles. The van der Waals surface area contributed by atoms with E-state index in [2.05, 4.69) is 20.3 Å². The SMILES string of the molecule is CNc1ccc2[nH]c(-c3cccc(F)c3F)nc2n1. The van der Waals surface area contributed by atoms with E-state index in [-0.39, 0.29) is 11.4 Å². The lowest BCUT2D eigenvalue weighted by molar-refractivity contribution is 0.510. The molecule has 0 spiro atoms. The molecule has 0 bridgehead atoms. The van der Waals surface area contributed by atoms with Gasteiger partial charge in [0.2, 0.25) is 0 Å². The van der Waals surface area contributed by atoms with Crippen molar-refractivity contribution in [2.45, 2.75) is 0 Å². The molecule has 2 heterocycles. The van der Waals surface area contributed by atoms with Crippen LogP contribution in [-0.4, -0.2) is 22.0 Å². The number of benzene rings is 1. The number of hydrogen-bond acceptors (Lipinski definition) is 3. The summed E-state index contributed by atoms with van der Waals surface area (Å²) in [5.41, 5.74) is 1.20. The van der Waals surface area contributed by atoms with Crippen LogP contribution in [0, 0.1) is 11.6 Å². The highest BCUT2D eigenvalue weighted by Gasteiger charge is 2.13. The molecule has 6 heteroatoms. The summed E-state index contributed by atoms with van der Waals surface area (Å²) in [6.45, 7) is 0. The van der Waals surface area contributed by atoms with Crippen LogP contribution in [0.1, 0.15) is 0 Å². The summed E-state index contributed by atoms with van der Waals surface area (Å²) < 4.78 is 26.9. The summed E-state index contributed by atoms with van der Waals surface area (Å²) in [6.07, 6.45) is 0. The highest BCUT2D eigenvalue weighted by molar-refractivity contribution is 5.77. The summed E-state index contributed by atoms with van der Waals surface area (Å²) in [6, 6.07) is 7.52. The number of fused-ring (bicyclic) bond motifs is 1. The fraction of sp³-hybridized carbons (Fsp3) is 0.0769. The van der Waals surface area contributed by atoms with Gasteiger partial charge < -0.3 is 10.3 Å². The number of aromatic amines is 1. The Morgan fingerprint density at radius 1 is 1.11 bits per heavy atom. The van der Waals surface area contributed by atoms with Crippen molar-refractivity contribution in [1.82, 2.24) is 15.0 Å². The number of rotatable bonds is 2. The van der Waals surface area contributed by atoms with Crippen LogP contribution in [0.15, 0.2) is 30.3 Å². The highest BCUT2D eigenvalue weighted by Crippen LogP contribution is 2.24. The second-order valence-electron chi connectivity index (χ2n) is 4.00. The Labute approximate surface area is 107 Å². The monoisotopic (exact) mass is 260 g/mol. The number of nitrogens with zero attached hydrogens (tertiary/aromatic N) is 2. The predicted octanol–water partition coefficient (Wildman–Crippen LogP) is 2.94. The smallest absolute Gasteiger partial charge is 0.180 e. The van der Waals surface area contributed by atoms with Gasteiger partial charge >= 0.3 is 0 Å². The van der Waals surface area contributed by atoms with Crippen molar-refractivity contribution in [2.24, 2.45) is 0 Å². The average Bonchev–Trinajstić information content (AvgIpc) is 2.84. The van der Waals surface area contributed by atoms with E-state index in [9.17, 15) is 8.78 Å². The van der Waals surface area contributed by atoms with E-state index in [0.717, 1.165) is 6.07 Å². The first-order valence-electron chi connectivity index (χ1n) is 5.68. The van der Waals surface area contributed by atoms with E-state index in [1.807, 2.05) is 0 Å². The van der Waals surface area contributed by atoms with Crippen molar-refractivity contribution < 1.29 is 8.78 Å². The lowest BCUT2D eigenvalue weighted by atomic mass is 10.2. The number of imidazole rings is 1. The van der Waals surface area contributed by atoms with E-state index in [1.54, 1.807) is 19.2 Å². The zero-order valence-electron chi connectivity index (χ0n) is 10.0. The molecular weight excluding hydrogens is 250 g/mol. The van der Waals surface area contributed by atoms with Gasteiger partial charge in [-0.25, -0.2) is 18.7 Å². The fourth-order valence-corrected chi connectivity index (χ4v) is 1.85. The second-order valence-corrected chi connectivity index (χ2v) is 4.00. The maximum Gasteiger partial charge on any atom is 0.180 e. The molecule has 19 heavy (non-hydrogen) atoms. The Hall–Kier alpha value is -2.50. The van der Waals surface area contributed by atoms with Gasteiger partial charge in [-0.2, -0.15) is 0 Å². The zero-order chi connectivity index (χ0) is 13.4. The number of aromatic nitrogens is 3. The molecule has 0 atom stereocenters. The van der Waals surface area contributed by atoms with Crippen molar-refractivity contribution in [3.8, 4) is 11.4 Å². The molecule has 2 N–H and O–H groups in total. The standard InChI is InChI=1S/C13H10F2N4/c1-16-10-6-5-9-13(18-10)19-12(17-9)7-3-2-4-8(14)11(7)15/h2-6H,1H3,(H2,16,17,18,19). The summed E-state index contributed by atoms with van der Waals surface area (Å²) in [5.74, 6) is -0.907. The minimum Gasteiger partial charge on any atom is -0.373 e. The third-order valence-electron chi connectivity index (χ3n) is 2.81. The Morgan fingerprint density at radius 3 is 2.74 bits per heavy atom. The van der Waals surface area contributed by atoms with Gasteiger partial charge in [0.15, 0.2) is 17.3 Å². The summed E-state index contributed by atoms with van der Waals surface area (Å²) in [4.78, 5) is 11.3. The first kappa shape index (κ1) is 11.6. The van der Waals surface area contributed by atoms with Gasteiger partial charge in [0.05, 0.1) is 11.1 Å². The molecular formula is C13H10F2N4. The lowest BCUT2D eigenvalue weighted by Gasteiger charge is -1.99. The van der Waals surface area contributed by atoms with Gasteiger partial charge in [0, 0.05) is 7.05 Å². The van der Waals surface area contributed by atoms with Crippen LogP contribution in [0.3, 0.4) is 0 Å². The Kier molecular flexibility index (Phi) is 2.63. The van der Waals surface area contributed by atoms with E-state index >= 15 is 0 Å². The van der Waals surface area contributed by atoms with E-state index in [4.69, 9.17) is 0 Å². The van der Waals surface area contributed by atoms with Crippen molar-refractivity contribution in [3.05, 3.63) is 42.0 Å². The number of halogens is 2. The topological polar surface area (TPSA) is 53.6 Å². The van der Waals surface area contributed by atoms with Crippen LogP contribution >= 0.6 is 0 Å². The third-order valence-corrected chi connectivity index (χ3v) is 2.81. The van der Waals surface area contributed by atoms with E-state index in [1.165, 1.54) is 12.1 Å². The summed E-state index contributed by atoms with van der Waals surface area (Å²) in [5, 5.41) is 2.89. The van der Waals surface area contributed by atoms with Crippen molar-refractivity contribution in [2.75, 3.05) is 12.4 Å². The summed E-state index contributed by atoms with van der Waals surface area (Å²) in [7, 11) is 1.74. The number of anilines is 1. The number of hydrogen-bond donors (Lipinski definition) is 2. The average molecular weight is 260 g/mol.